The second-order valence-electron chi connectivity index (χ2n) is 17.7. The van der Waals surface area contributed by atoms with Crippen molar-refractivity contribution in [3.63, 3.8) is 0 Å². The molecule has 3 aliphatic heterocycles. The average Bonchev–Trinajstić information content (AvgIpc) is 4.00. The van der Waals surface area contributed by atoms with Crippen LogP contribution in [0.5, 0.6) is 0 Å². The summed E-state index contributed by atoms with van der Waals surface area (Å²) in [6.45, 7) is 14.7. The van der Waals surface area contributed by atoms with E-state index in [1.807, 2.05) is 69.3 Å². The fraction of sp³-hybridized carbons (Fsp3) is 0.235. The minimum absolute atomic E-state index is 0.126. The molecule has 71 heavy (non-hydrogen) atoms. The van der Waals surface area contributed by atoms with E-state index in [1.165, 1.54) is 6.07 Å². The maximum absolute atomic E-state index is 11.5. The number of nitrogens with zero attached hydrogens (tertiary/aromatic N) is 13. The summed E-state index contributed by atoms with van der Waals surface area (Å²) in [4.78, 5) is 27.7. The third-order valence-electron chi connectivity index (χ3n) is 12.7. The van der Waals surface area contributed by atoms with Crippen molar-refractivity contribution in [3.8, 4) is 28.2 Å². The zero-order chi connectivity index (χ0) is 49.7. The molecule has 0 amide bonds. The molecule has 9 heterocycles. The topological polar surface area (TPSA) is 169 Å². The molecule has 0 spiro atoms. The molecule has 3 atom stereocenters. The molecule has 20 heteroatoms. The summed E-state index contributed by atoms with van der Waals surface area (Å²) in [5, 5.41) is 30.6. The second kappa shape index (κ2) is 19.8. The zero-order valence-electron chi connectivity index (χ0n) is 39.5. The Labute approximate surface area is 436 Å². The molecule has 0 fully saturated rings. The number of benzene rings is 3. The third kappa shape index (κ3) is 9.48. The van der Waals surface area contributed by atoms with E-state index in [9.17, 15) is 4.79 Å². The predicted octanol–water partition coefficient (Wildman–Crippen LogP) is 11.7. The summed E-state index contributed by atoms with van der Waals surface area (Å²) in [5.74, 6) is 7.91. The largest absolute Gasteiger partial charge is 0.383 e. The van der Waals surface area contributed by atoms with Crippen LogP contribution >= 0.6 is 55.1 Å². The Morgan fingerprint density at radius 1 is 0.535 bits per heavy atom. The highest BCUT2D eigenvalue weighted by Crippen LogP contribution is 2.41. The van der Waals surface area contributed by atoms with Crippen LogP contribution in [0.4, 0.5) is 28.7 Å². The standard InChI is InChI=1S/C22H19ClN6O.C17H15BrClN5.C12H13BrN4/c1-13-12-28(20-7-5-17(23)11-24-20)19-9-15(16-4-8-21(30)25-10-16)3-6-18(19)29-14(2)26-27-22(13)29;1-10-9-23(16-6-4-13(19)8-20-16)15-7-12(18)3-5-14(15)24-11(2)21-22-17(10)24;1-7-6-14-10-5-9(13)3-4-11(10)17-8(2)15-16-12(7)17/h3-11,13H,12H2,1-2H3,(H,25,30);3-8,10H,9H2,1-2H3;3-5,7,14H,6H2,1-2H3/t13-;10-;7-/m111/s1. The Kier molecular flexibility index (Phi) is 13.4. The first-order valence-corrected chi connectivity index (χ1v) is 25.3. The number of aromatic nitrogens is 12. The lowest BCUT2D eigenvalue weighted by molar-refractivity contribution is 0.693. The number of pyridine rings is 3. The van der Waals surface area contributed by atoms with Gasteiger partial charge in [0.2, 0.25) is 5.56 Å². The number of hydrogen-bond acceptors (Lipinski definition) is 12. The summed E-state index contributed by atoms with van der Waals surface area (Å²) >= 11 is 19.2. The van der Waals surface area contributed by atoms with E-state index in [4.69, 9.17) is 23.2 Å². The van der Waals surface area contributed by atoms with Crippen LogP contribution in [0, 0.1) is 20.8 Å². The van der Waals surface area contributed by atoms with Gasteiger partial charge in [0, 0.05) is 71.0 Å². The zero-order valence-corrected chi connectivity index (χ0v) is 44.2. The maximum Gasteiger partial charge on any atom is 0.247 e. The van der Waals surface area contributed by atoms with Gasteiger partial charge in [-0.3, -0.25) is 18.5 Å². The van der Waals surface area contributed by atoms with Crippen LogP contribution in [0.3, 0.4) is 0 Å². The highest BCUT2D eigenvalue weighted by Gasteiger charge is 2.31. The molecule has 2 N–H and O–H groups in total. The third-order valence-corrected chi connectivity index (χ3v) is 14.1. The number of hydrogen-bond donors (Lipinski definition) is 2. The number of H-pyrrole nitrogens is 1. The predicted molar refractivity (Wildman–Crippen MR) is 286 cm³/mol. The van der Waals surface area contributed by atoms with Crippen molar-refractivity contribution in [3.05, 3.63) is 174 Å². The van der Waals surface area contributed by atoms with Crippen molar-refractivity contribution >= 4 is 83.8 Å². The summed E-state index contributed by atoms with van der Waals surface area (Å²) in [6.07, 6.45) is 5.06. The number of aryl methyl sites for hydroxylation is 3. The SMILES string of the molecule is Cc1nnc2n1-c1ccc(-c3ccc(=O)[nH]c3)cc1N(c1ccc(Cl)cn1)C[C@H]2C.Cc1nnc2n1-c1ccc(Br)cc1N(c1ccc(Cl)cn1)C[C@H]2C.Cc1nnc2n1-c1ccc(Br)cc1NC[C@H]2C. The van der Waals surface area contributed by atoms with Crippen molar-refractivity contribution in [1.82, 2.24) is 59.2 Å². The molecule has 360 valence electrons. The van der Waals surface area contributed by atoms with Gasteiger partial charge in [-0.25, -0.2) is 9.97 Å². The highest BCUT2D eigenvalue weighted by molar-refractivity contribution is 9.10. The van der Waals surface area contributed by atoms with Crippen LogP contribution in [0.1, 0.15) is 73.5 Å². The first kappa shape index (κ1) is 47.9. The Bertz CT molecular complexity index is 3460. The van der Waals surface area contributed by atoms with Crippen LogP contribution in [-0.4, -0.2) is 78.9 Å². The normalized spacial score (nSPS) is 16.4. The van der Waals surface area contributed by atoms with E-state index in [0.717, 1.165) is 114 Å². The van der Waals surface area contributed by atoms with E-state index in [-0.39, 0.29) is 17.4 Å². The Balaban J connectivity index is 0.000000128. The molecule has 12 rings (SSSR count). The molecular weight excluding hydrogens is 1070 g/mol. The minimum atomic E-state index is -0.126. The molecule has 3 aliphatic rings. The lowest BCUT2D eigenvalue weighted by atomic mass is 10.1. The smallest absolute Gasteiger partial charge is 0.247 e. The Morgan fingerprint density at radius 2 is 1.01 bits per heavy atom. The molecule has 0 saturated heterocycles. The van der Waals surface area contributed by atoms with E-state index in [0.29, 0.717) is 22.5 Å². The molecule has 16 nitrogen and oxygen atoms in total. The van der Waals surface area contributed by atoms with Gasteiger partial charge in [0.15, 0.2) is 0 Å². The van der Waals surface area contributed by atoms with Crippen LogP contribution in [0.2, 0.25) is 10.0 Å². The van der Waals surface area contributed by atoms with Crippen molar-refractivity contribution in [2.24, 2.45) is 0 Å². The number of anilines is 5. The van der Waals surface area contributed by atoms with Gasteiger partial charge in [-0.15, -0.1) is 30.6 Å². The van der Waals surface area contributed by atoms with Crippen LogP contribution < -0.4 is 20.7 Å². The minimum Gasteiger partial charge on any atom is -0.383 e. The number of aromatic amines is 1. The molecule has 0 saturated carbocycles. The summed E-state index contributed by atoms with van der Waals surface area (Å²) in [7, 11) is 0. The van der Waals surface area contributed by atoms with Gasteiger partial charge < -0.3 is 20.1 Å². The van der Waals surface area contributed by atoms with Gasteiger partial charge in [0.05, 0.1) is 44.2 Å². The monoisotopic (exact) mass is 1110 g/mol. The van der Waals surface area contributed by atoms with E-state index < -0.39 is 0 Å². The van der Waals surface area contributed by atoms with E-state index >= 15 is 0 Å². The van der Waals surface area contributed by atoms with Gasteiger partial charge >= 0.3 is 0 Å². The molecule has 0 aliphatic carbocycles. The average molecular weight is 1120 g/mol. The fourth-order valence-corrected chi connectivity index (χ4v) is 10.1. The van der Waals surface area contributed by atoms with Crippen LogP contribution in [0.25, 0.3) is 28.2 Å². The Morgan fingerprint density at radius 3 is 1.54 bits per heavy atom. The first-order valence-electron chi connectivity index (χ1n) is 22.9. The van der Waals surface area contributed by atoms with E-state index in [2.05, 4.69) is 163 Å². The fourth-order valence-electron chi connectivity index (χ4n) is 9.18. The van der Waals surface area contributed by atoms with Gasteiger partial charge in [-0.2, -0.15) is 0 Å². The lowest BCUT2D eigenvalue weighted by Gasteiger charge is -2.26. The maximum atomic E-state index is 11.5. The van der Waals surface area contributed by atoms with Crippen LogP contribution in [-0.2, 0) is 0 Å². The quantitative estimate of drug-likeness (QED) is 0.172. The molecule has 0 bridgehead atoms. The first-order chi connectivity index (χ1) is 34.2. The molecule has 9 aromatic rings. The van der Waals surface area contributed by atoms with Crippen LogP contribution in [0.15, 0.2) is 123 Å². The Hall–Kier alpha value is -6.73. The van der Waals surface area contributed by atoms with Crippen molar-refractivity contribution in [2.75, 3.05) is 34.8 Å². The molecule has 6 aromatic heterocycles. The van der Waals surface area contributed by atoms with Crippen molar-refractivity contribution < 1.29 is 0 Å². The number of rotatable bonds is 3. The number of halogens is 4. The summed E-state index contributed by atoms with van der Waals surface area (Å²) in [5.41, 5.74) is 8.13. The summed E-state index contributed by atoms with van der Waals surface area (Å²) in [6, 6.07) is 29.6. The van der Waals surface area contributed by atoms with Crippen molar-refractivity contribution in [2.45, 2.75) is 59.3 Å². The molecular formula is C51H47Br2Cl2N15O. The van der Waals surface area contributed by atoms with E-state index in [1.54, 1.807) is 18.6 Å². The molecule has 0 unspecified atom stereocenters. The highest BCUT2D eigenvalue weighted by atomic mass is 79.9. The number of fused-ring (bicyclic) bond motifs is 9. The van der Waals surface area contributed by atoms with Gasteiger partial charge in [-0.05, 0) is 111 Å². The van der Waals surface area contributed by atoms with Gasteiger partial charge in [0.1, 0.15) is 46.6 Å². The van der Waals surface area contributed by atoms with Crippen molar-refractivity contribution in [1.29, 1.82) is 0 Å². The number of nitrogens with one attached hydrogen (secondary N) is 2. The molecule has 0 radical (unpaired) electrons. The summed E-state index contributed by atoms with van der Waals surface area (Å²) < 4.78 is 8.45. The van der Waals surface area contributed by atoms with Gasteiger partial charge in [-0.1, -0.05) is 81.9 Å². The molecule has 3 aromatic carbocycles. The lowest BCUT2D eigenvalue weighted by Crippen LogP contribution is -2.22. The van der Waals surface area contributed by atoms with Gasteiger partial charge in [0.25, 0.3) is 0 Å². The second-order valence-corrected chi connectivity index (χ2v) is 20.4.